The molecule has 0 bridgehead atoms. The molecule has 0 amide bonds. The Balaban J connectivity index is 2.43. The van der Waals surface area contributed by atoms with Gasteiger partial charge in [0.2, 0.25) is 0 Å². The van der Waals surface area contributed by atoms with E-state index in [-0.39, 0.29) is 4.83 Å². The van der Waals surface area contributed by atoms with Crippen LogP contribution in [0.3, 0.4) is 0 Å². The molecule has 0 N–H and O–H groups in total. The molecule has 1 nitrogen and oxygen atoms in total. The Bertz CT molecular complexity index is 602. The van der Waals surface area contributed by atoms with Crippen LogP contribution < -0.4 is 4.74 Å². The van der Waals surface area contributed by atoms with Crippen molar-refractivity contribution in [3.63, 3.8) is 0 Å². The highest BCUT2D eigenvalue weighted by Crippen LogP contribution is 2.40. The van der Waals surface area contributed by atoms with E-state index in [4.69, 9.17) is 27.9 Å². The highest BCUT2D eigenvalue weighted by Gasteiger charge is 2.17. The standard InChI is InChI=1S/C14H10Br2Cl2O/c1-19-9-3-4-10(13(18)7-9)14(16)11-6-8(15)2-5-12(11)17/h2-7,14H,1H3. The number of ether oxygens (including phenoxy) is 1. The van der Waals surface area contributed by atoms with E-state index in [0.717, 1.165) is 21.3 Å². The Kier molecular flexibility index (Phi) is 5.18. The van der Waals surface area contributed by atoms with Gasteiger partial charge in [-0.15, -0.1) is 0 Å². The van der Waals surface area contributed by atoms with Crippen molar-refractivity contribution in [3.8, 4) is 5.75 Å². The minimum atomic E-state index is -0.0732. The number of hydrogen-bond acceptors (Lipinski definition) is 1. The first kappa shape index (κ1) is 15.2. The van der Waals surface area contributed by atoms with E-state index in [2.05, 4.69) is 31.9 Å². The second-order valence-electron chi connectivity index (χ2n) is 3.92. The smallest absolute Gasteiger partial charge is 0.120 e. The van der Waals surface area contributed by atoms with Gasteiger partial charge in [0.25, 0.3) is 0 Å². The van der Waals surface area contributed by atoms with E-state index in [0.29, 0.717) is 10.0 Å². The molecular weight excluding hydrogens is 415 g/mol. The fourth-order valence-electron chi connectivity index (χ4n) is 1.72. The first-order valence-electron chi connectivity index (χ1n) is 5.45. The molecule has 0 aromatic heterocycles. The average molecular weight is 425 g/mol. The molecule has 0 saturated heterocycles. The second-order valence-corrected chi connectivity index (χ2v) is 6.56. The maximum absolute atomic E-state index is 6.28. The Labute approximate surface area is 139 Å². The van der Waals surface area contributed by atoms with Gasteiger partial charge in [0.15, 0.2) is 0 Å². The summed E-state index contributed by atoms with van der Waals surface area (Å²) in [5, 5.41) is 1.33. The zero-order valence-corrected chi connectivity index (χ0v) is 14.6. The van der Waals surface area contributed by atoms with Gasteiger partial charge in [0.05, 0.1) is 11.9 Å². The highest BCUT2D eigenvalue weighted by atomic mass is 79.9. The van der Waals surface area contributed by atoms with Crippen LogP contribution >= 0.6 is 55.1 Å². The van der Waals surface area contributed by atoms with Crippen LogP contribution in [0, 0.1) is 0 Å². The zero-order chi connectivity index (χ0) is 14.0. The molecule has 0 fully saturated rings. The normalized spacial score (nSPS) is 12.3. The van der Waals surface area contributed by atoms with Crippen molar-refractivity contribution in [3.05, 3.63) is 62.0 Å². The molecule has 0 spiro atoms. The van der Waals surface area contributed by atoms with Gasteiger partial charge in [-0.1, -0.05) is 61.1 Å². The molecule has 19 heavy (non-hydrogen) atoms. The predicted octanol–water partition coefficient (Wildman–Crippen LogP) is 6.25. The molecule has 1 unspecified atom stereocenters. The molecule has 2 aromatic carbocycles. The van der Waals surface area contributed by atoms with Gasteiger partial charge in [-0.2, -0.15) is 0 Å². The summed E-state index contributed by atoms with van der Waals surface area (Å²) in [7, 11) is 1.61. The minimum Gasteiger partial charge on any atom is -0.497 e. The van der Waals surface area contributed by atoms with Crippen molar-refractivity contribution in [2.75, 3.05) is 7.11 Å². The van der Waals surface area contributed by atoms with E-state index in [9.17, 15) is 0 Å². The molecule has 5 heteroatoms. The van der Waals surface area contributed by atoms with Gasteiger partial charge in [0, 0.05) is 14.5 Å². The number of methoxy groups -OCH3 is 1. The van der Waals surface area contributed by atoms with Crippen LogP contribution in [0.25, 0.3) is 0 Å². The number of alkyl halides is 1. The van der Waals surface area contributed by atoms with E-state index < -0.39 is 0 Å². The number of hydrogen-bond donors (Lipinski definition) is 0. The van der Waals surface area contributed by atoms with Crippen molar-refractivity contribution in [1.82, 2.24) is 0 Å². The molecule has 0 radical (unpaired) electrons. The van der Waals surface area contributed by atoms with Gasteiger partial charge in [0.1, 0.15) is 5.75 Å². The lowest BCUT2D eigenvalue weighted by Crippen LogP contribution is -1.96. The quantitative estimate of drug-likeness (QED) is 0.529. The summed E-state index contributed by atoms with van der Waals surface area (Å²) in [6.07, 6.45) is 0. The predicted molar refractivity (Wildman–Crippen MR) is 87.9 cm³/mol. The number of benzene rings is 2. The molecular formula is C14H10Br2Cl2O. The third-order valence-corrected chi connectivity index (χ3v) is 4.86. The van der Waals surface area contributed by atoms with Crippen molar-refractivity contribution in [1.29, 1.82) is 0 Å². The molecule has 0 aliphatic heterocycles. The SMILES string of the molecule is COc1ccc(C(Br)c2cc(Br)ccc2Cl)c(Cl)c1. The fraction of sp³-hybridized carbons (Fsp3) is 0.143. The largest absolute Gasteiger partial charge is 0.497 e. The van der Waals surface area contributed by atoms with Crippen LogP contribution in [-0.2, 0) is 0 Å². The lowest BCUT2D eigenvalue weighted by molar-refractivity contribution is 0.414. The average Bonchev–Trinajstić information content (AvgIpc) is 2.40. The van der Waals surface area contributed by atoms with E-state index >= 15 is 0 Å². The molecule has 0 saturated carbocycles. The first-order valence-corrected chi connectivity index (χ1v) is 7.92. The van der Waals surface area contributed by atoms with Crippen LogP contribution in [-0.4, -0.2) is 7.11 Å². The van der Waals surface area contributed by atoms with Crippen LogP contribution in [0.2, 0.25) is 10.0 Å². The van der Waals surface area contributed by atoms with Crippen molar-refractivity contribution >= 4 is 55.1 Å². The summed E-state index contributed by atoms with van der Waals surface area (Å²) in [6, 6.07) is 11.3. The lowest BCUT2D eigenvalue weighted by atomic mass is 10.0. The molecule has 0 aliphatic rings. The van der Waals surface area contributed by atoms with Gasteiger partial charge < -0.3 is 4.74 Å². The minimum absolute atomic E-state index is 0.0732. The summed E-state index contributed by atoms with van der Waals surface area (Å²) < 4.78 is 6.12. The lowest BCUT2D eigenvalue weighted by Gasteiger charge is -2.15. The van der Waals surface area contributed by atoms with E-state index in [1.807, 2.05) is 30.3 Å². The summed E-state index contributed by atoms with van der Waals surface area (Å²) in [4.78, 5) is -0.0732. The molecule has 100 valence electrons. The monoisotopic (exact) mass is 422 g/mol. The summed E-state index contributed by atoms with van der Waals surface area (Å²) >= 11 is 19.6. The van der Waals surface area contributed by atoms with E-state index in [1.54, 1.807) is 13.2 Å². The van der Waals surface area contributed by atoms with Crippen LogP contribution in [0.15, 0.2) is 40.9 Å². The van der Waals surface area contributed by atoms with Crippen molar-refractivity contribution < 1.29 is 4.74 Å². The highest BCUT2D eigenvalue weighted by molar-refractivity contribution is 9.10. The van der Waals surface area contributed by atoms with Gasteiger partial charge in [-0.3, -0.25) is 0 Å². The molecule has 0 heterocycles. The maximum atomic E-state index is 6.28. The second kappa shape index (κ2) is 6.49. The summed E-state index contributed by atoms with van der Waals surface area (Å²) in [5.41, 5.74) is 1.91. The molecule has 2 rings (SSSR count). The zero-order valence-electron chi connectivity index (χ0n) is 9.96. The third-order valence-electron chi connectivity index (χ3n) is 2.71. The third kappa shape index (κ3) is 3.46. The van der Waals surface area contributed by atoms with Gasteiger partial charge >= 0.3 is 0 Å². The van der Waals surface area contributed by atoms with E-state index in [1.165, 1.54) is 0 Å². The molecule has 0 aliphatic carbocycles. The van der Waals surface area contributed by atoms with Gasteiger partial charge in [-0.25, -0.2) is 0 Å². The Morgan fingerprint density at radius 1 is 1.00 bits per heavy atom. The molecule has 2 aromatic rings. The maximum Gasteiger partial charge on any atom is 0.120 e. The number of halogens is 4. The summed E-state index contributed by atoms with van der Waals surface area (Å²) in [5.74, 6) is 0.730. The first-order chi connectivity index (χ1) is 9.02. The molecule has 1 atom stereocenters. The van der Waals surface area contributed by atoms with Gasteiger partial charge in [-0.05, 0) is 41.5 Å². The Hall–Kier alpha value is -0.220. The van der Waals surface area contributed by atoms with Crippen LogP contribution in [0.1, 0.15) is 16.0 Å². The number of rotatable bonds is 3. The van der Waals surface area contributed by atoms with Crippen molar-refractivity contribution in [2.24, 2.45) is 0 Å². The Morgan fingerprint density at radius 2 is 1.74 bits per heavy atom. The van der Waals surface area contributed by atoms with Crippen molar-refractivity contribution in [2.45, 2.75) is 4.83 Å². The fourth-order valence-corrected chi connectivity index (χ4v) is 3.64. The van der Waals surface area contributed by atoms with Crippen LogP contribution in [0.5, 0.6) is 5.75 Å². The topological polar surface area (TPSA) is 9.23 Å². The van der Waals surface area contributed by atoms with Crippen LogP contribution in [0.4, 0.5) is 0 Å². The Morgan fingerprint density at radius 3 is 2.37 bits per heavy atom. The summed E-state index contributed by atoms with van der Waals surface area (Å²) in [6.45, 7) is 0.